The normalized spacial score (nSPS) is 11.0. The standard InChI is InChI=1S/C17H18ClN5O3S/c1-26-7-3-6-19-15(25)10-27-17-21-16(11-4-2-5-12(18)8-11)20-13-9-14(24)22-23(13)17/h2,4-5,8-9H,3,6-7,10H2,1H3,(H,19,25)(H,22,24). The van der Waals surface area contributed by atoms with E-state index >= 15 is 0 Å². The Kier molecular flexibility index (Phi) is 6.49. The number of hydrogen-bond donors (Lipinski definition) is 2. The molecule has 2 aromatic heterocycles. The van der Waals surface area contributed by atoms with Crippen LogP contribution in [0.25, 0.3) is 17.0 Å². The Bertz CT molecular complexity index is 1000. The first-order chi connectivity index (χ1) is 13.1. The molecule has 3 aromatic rings. The molecule has 1 aromatic carbocycles. The lowest BCUT2D eigenvalue weighted by Gasteiger charge is -2.08. The molecule has 0 spiro atoms. The Hall–Kier alpha value is -2.36. The van der Waals surface area contributed by atoms with E-state index in [2.05, 4.69) is 20.4 Å². The number of methoxy groups -OCH3 is 1. The van der Waals surface area contributed by atoms with E-state index in [1.807, 2.05) is 6.07 Å². The summed E-state index contributed by atoms with van der Waals surface area (Å²) in [5.41, 5.74) is 0.857. The van der Waals surface area contributed by atoms with Crippen molar-refractivity contribution in [1.29, 1.82) is 0 Å². The maximum Gasteiger partial charge on any atom is 0.266 e. The lowest BCUT2D eigenvalue weighted by Crippen LogP contribution is -2.27. The zero-order valence-electron chi connectivity index (χ0n) is 14.6. The van der Waals surface area contributed by atoms with Crippen LogP contribution in [-0.4, -0.2) is 51.5 Å². The Labute approximate surface area is 164 Å². The topological polar surface area (TPSA) is 101 Å². The van der Waals surface area contributed by atoms with E-state index in [0.717, 1.165) is 12.0 Å². The monoisotopic (exact) mass is 407 g/mol. The fourth-order valence-corrected chi connectivity index (χ4v) is 3.33. The highest BCUT2D eigenvalue weighted by Crippen LogP contribution is 2.23. The van der Waals surface area contributed by atoms with Crippen LogP contribution in [0.4, 0.5) is 0 Å². The smallest absolute Gasteiger partial charge is 0.266 e. The maximum atomic E-state index is 12.0. The van der Waals surface area contributed by atoms with Crippen molar-refractivity contribution in [3.8, 4) is 11.4 Å². The first-order valence-electron chi connectivity index (χ1n) is 8.21. The Balaban J connectivity index is 1.81. The van der Waals surface area contributed by atoms with Gasteiger partial charge in [-0.3, -0.25) is 14.7 Å². The van der Waals surface area contributed by atoms with Crippen LogP contribution >= 0.6 is 23.4 Å². The average Bonchev–Trinajstić information content (AvgIpc) is 3.03. The van der Waals surface area contributed by atoms with E-state index < -0.39 is 0 Å². The van der Waals surface area contributed by atoms with Gasteiger partial charge in [-0.25, -0.2) is 14.5 Å². The predicted octanol–water partition coefficient (Wildman–Crippen LogP) is 1.98. The number of aromatic amines is 1. The summed E-state index contributed by atoms with van der Waals surface area (Å²) in [7, 11) is 1.62. The number of thioether (sulfide) groups is 1. The minimum absolute atomic E-state index is 0.123. The van der Waals surface area contributed by atoms with E-state index in [-0.39, 0.29) is 17.2 Å². The molecule has 3 rings (SSSR count). The molecule has 0 aliphatic carbocycles. The van der Waals surface area contributed by atoms with Crippen molar-refractivity contribution in [3.63, 3.8) is 0 Å². The van der Waals surface area contributed by atoms with Gasteiger partial charge in [-0.2, -0.15) is 0 Å². The molecule has 10 heteroatoms. The minimum atomic E-state index is -0.293. The number of nitrogens with zero attached hydrogens (tertiary/aromatic N) is 3. The maximum absolute atomic E-state index is 12.0. The Morgan fingerprint density at radius 2 is 2.22 bits per heavy atom. The number of fused-ring (bicyclic) bond motifs is 1. The van der Waals surface area contributed by atoms with Crippen molar-refractivity contribution in [2.24, 2.45) is 0 Å². The largest absolute Gasteiger partial charge is 0.385 e. The van der Waals surface area contributed by atoms with Gasteiger partial charge in [0.25, 0.3) is 5.56 Å². The molecule has 0 bridgehead atoms. The van der Waals surface area contributed by atoms with E-state index in [1.54, 1.807) is 25.3 Å². The first kappa shape index (κ1) is 19.4. The summed E-state index contributed by atoms with van der Waals surface area (Å²) >= 11 is 7.26. The number of hydrogen-bond acceptors (Lipinski definition) is 6. The third kappa shape index (κ3) is 5.09. The number of nitrogens with one attached hydrogen (secondary N) is 2. The van der Waals surface area contributed by atoms with E-state index in [0.29, 0.717) is 34.8 Å². The van der Waals surface area contributed by atoms with Gasteiger partial charge in [0.1, 0.15) is 0 Å². The number of rotatable bonds is 8. The van der Waals surface area contributed by atoms with Crippen molar-refractivity contribution >= 4 is 34.9 Å². The summed E-state index contributed by atoms with van der Waals surface area (Å²) in [5, 5.41) is 6.48. The second kappa shape index (κ2) is 9.03. The number of aromatic nitrogens is 4. The number of benzene rings is 1. The molecule has 2 heterocycles. The molecular formula is C17H18ClN5O3S. The molecule has 0 saturated carbocycles. The van der Waals surface area contributed by atoms with Gasteiger partial charge in [-0.15, -0.1) is 0 Å². The van der Waals surface area contributed by atoms with Crippen LogP contribution < -0.4 is 10.9 Å². The van der Waals surface area contributed by atoms with Crippen molar-refractivity contribution in [2.75, 3.05) is 26.0 Å². The molecule has 0 atom stereocenters. The zero-order chi connectivity index (χ0) is 19.2. The molecule has 8 nitrogen and oxygen atoms in total. The molecule has 0 saturated heterocycles. The lowest BCUT2D eigenvalue weighted by atomic mass is 10.2. The number of carbonyl (C=O) groups is 1. The summed E-state index contributed by atoms with van der Waals surface area (Å²) in [5.74, 6) is 0.468. The van der Waals surface area contributed by atoms with Crippen LogP contribution in [0.5, 0.6) is 0 Å². The van der Waals surface area contributed by atoms with Gasteiger partial charge in [-0.05, 0) is 18.6 Å². The molecule has 0 unspecified atom stereocenters. The molecule has 142 valence electrons. The highest BCUT2D eigenvalue weighted by atomic mass is 35.5. The van der Waals surface area contributed by atoms with Crippen LogP contribution in [0, 0.1) is 0 Å². The van der Waals surface area contributed by atoms with E-state index in [4.69, 9.17) is 16.3 Å². The van der Waals surface area contributed by atoms with Gasteiger partial charge >= 0.3 is 0 Å². The Morgan fingerprint density at radius 1 is 1.37 bits per heavy atom. The second-order valence-corrected chi connectivity index (χ2v) is 7.02. The Morgan fingerprint density at radius 3 is 3.00 bits per heavy atom. The van der Waals surface area contributed by atoms with Gasteiger partial charge in [0.2, 0.25) is 5.91 Å². The molecule has 27 heavy (non-hydrogen) atoms. The van der Waals surface area contributed by atoms with Crippen molar-refractivity contribution < 1.29 is 9.53 Å². The number of halogens is 1. The molecule has 2 N–H and O–H groups in total. The third-order valence-corrected chi connectivity index (χ3v) is 4.76. The second-order valence-electron chi connectivity index (χ2n) is 5.64. The number of H-pyrrole nitrogens is 1. The fourth-order valence-electron chi connectivity index (χ4n) is 2.36. The summed E-state index contributed by atoms with van der Waals surface area (Å²) in [6, 6.07) is 8.52. The van der Waals surface area contributed by atoms with Crippen LogP contribution in [-0.2, 0) is 9.53 Å². The molecule has 1 amide bonds. The van der Waals surface area contributed by atoms with Crippen LogP contribution in [0.1, 0.15) is 6.42 Å². The summed E-state index contributed by atoms with van der Waals surface area (Å²) < 4.78 is 6.42. The average molecular weight is 408 g/mol. The van der Waals surface area contributed by atoms with Gasteiger partial charge in [0, 0.05) is 36.9 Å². The highest BCUT2D eigenvalue weighted by Gasteiger charge is 2.13. The number of carbonyl (C=O) groups excluding carboxylic acids is 1. The summed E-state index contributed by atoms with van der Waals surface area (Å²) in [4.78, 5) is 32.6. The highest BCUT2D eigenvalue weighted by molar-refractivity contribution is 7.99. The fraction of sp³-hybridized carbons (Fsp3) is 0.294. The van der Waals surface area contributed by atoms with Gasteiger partial charge in [0.05, 0.1) is 5.75 Å². The third-order valence-electron chi connectivity index (χ3n) is 3.59. The quantitative estimate of drug-likeness (QED) is 0.437. The van der Waals surface area contributed by atoms with Crippen molar-refractivity contribution in [1.82, 2.24) is 24.9 Å². The number of amides is 1. The molecule has 0 aliphatic heterocycles. The summed E-state index contributed by atoms with van der Waals surface area (Å²) in [6.45, 7) is 1.13. The molecule has 0 fully saturated rings. The molecule has 0 radical (unpaired) electrons. The predicted molar refractivity (Wildman–Crippen MR) is 104 cm³/mol. The SMILES string of the molecule is COCCCNC(=O)CSc1nc(-c2cccc(Cl)c2)nc2cc(=O)[nH]n12. The van der Waals surface area contributed by atoms with Gasteiger partial charge < -0.3 is 10.1 Å². The van der Waals surface area contributed by atoms with Gasteiger partial charge in [-0.1, -0.05) is 35.5 Å². The van der Waals surface area contributed by atoms with Crippen LogP contribution in [0.15, 0.2) is 40.3 Å². The minimum Gasteiger partial charge on any atom is -0.385 e. The zero-order valence-corrected chi connectivity index (χ0v) is 16.1. The van der Waals surface area contributed by atoms with E-state index in [9.17, 15) is 9.59 Å². The van der Waals surface area contributed by atoms with Crippen LogP contribution in [0.3, 0.4) is 0 Å². The lowest BCUT2D eigenvalue weighted by molar-refractivity contribution is -0.118. The number of ether oxygens (including phenoxy) is 1. The first-order valence-corrected chi connectivity index (χ1v) is 9.57. The summed E-state index contributed by atoms with van der Waals surface area (Å²) in [6.07, 6.45) is 0.745. The van der Waals surface area contributed by atoms with Crippen molar-refractivity contribution in [2.45, 2.75) is 11.6 Å². The van der Waals surface area contributed by atoms with E-state index in [1.165, 1.54) is 22.3 Å². The van der Waals surface area contributed by atoms with Crippen LogP contribution in [0.2, 0.25) is 5.02 Å². The van der Waals surface area contributed by atoms with Crippen molar-refractivity contribution in [3.05, 3.63) is 45.7 Å². The van der Waals surface area contributed by atoms with Gasteiger partial charge in [0.15, 0.2) is 16.6 Å². The molecular weight excluding hydrogens is 390 g/mol. The molecule has 0 aliphatic rings.